The van der Waals surface area contributed by atoms with Crippen LogP contribution in [0.15, 0.2) is 34.4 Å². The van der Waals surface area contributed by atoms with Gasteiger partial charge in [-0.2, -0.15) is 0 Å². The summed E-state index contributed by atoms with van der Waals surface area (Å²) in [6.07, 6.45) is 9.10. The van der Waals surface area contributed by atoms with Gasteiger partial charge in [-0.3, -0.25) is 9.97 Å². The fourth-order valence-electron chi connectivity index (χ4n) is 4.33. The molecule has 1 atom stereocenters. The van der Waals surface area contributed by atoms with E-state index in [-0.39, 0.29) is 0 Å². The summed E-state index contributed by atoms with van der Waals surface area (Å²) in [6.45, 7) is 4.43. The molecule has 9 heteroatoms. The Balaban J connectivity index is 1.14. The van der Waals surface area contributed by atoms with Gasteiger partial charge < -0.3 is 29.5 Å². The van der Waals surface area contributed by atoms with Crippen LogP contribution in [0, 0.1) is 3.15 Å². The second kappa shape index (κ2) is 10.5. The van der Waals surface area contributed by atoms with E-state index in [1.54, 1.807) is 19.5 Å². The first-order chi connectivity index (χ1) is 16.2. The lowest BCUT2D eigenvalue weighted by atomic mass is 10.0. The molecule has 0 saturated carbocycles. The second-order valence-corrected chi connectivity index (χ2v) is 11.0. The molecule has 3 aliphatic heterocycles. The van der Waals surface area contributed by atoms with Gasteiger partial charge in [0.15, 0.2) is 15.3 Å². The maximum absolute atomic E-state index is 11.0. The monoisotopic (exact) mass is 564 g/mol. The zero-order chi connectivity index (χ0) is 22.6. The molecule has 176 valence electrons. The van der Waals surface area contributed by atoms with Gasteiger partial charge in [0.05, 0.1) is 30.5 Å². The number of rotatable bonds is 7. The van der Waals surface area contributed by atoms with Crippen LogP contribution in [0.2, 0.25) is 0 Å². The van der Waals surface area contributed by atoms with Crippen LogP contribution >= 0.6 is 20.7 Å². The molecule has 5 rings (SSSR count). The van der Waals surface area contributed by atoms with Gasteiger partial charge in [0.2, 0.25) is 0 Å². The highest BCUT2D eigenvalue weighted by atomic mass is 127. The van der Waals surface area contributed by atoms with Crippen LogP contribution in [0.1, 0.15) is 30.2 Å². The summed E-state index contributed by atoms with van der Waals surface area (Å²) in [7, 11) is 1.71. The fourth-order valence-corrected chi connectivity index (χ4v) is 6.88. The number of halogens is 1. The SMILES string of the molecule is COC1=CC=c2nccc([C@@H](O)CN3CCC(NCc4cc5c(cn4)OCCO5)CC3)c2=I1. The van der Waals surface area contributed by atoms with Crippen LogP contribution in [-0.4, -0.2) is 66.0 Å². The molecule has 5 heterocycles. The molecule has 1 fully saturated rings. The van der Waals surface area contributed by atoms with Crippen molar-refractivity contribution in [2.45, 2.75) is 31.5 Å². The molecule has 0 bridgehead atoms. The number of nitrogens with zero attached hydrogens (tertiary/aromatic N) is 3. The van der Waals surface area contributed by atoms with Gasteiger partial charge in [0.25, 0.3) is 0 Å². The third kappa shape index (κ3) is 5.37. The average molecular weight is 564 g/mol. The number of likely N-dealkylation sites (tertiary alicyclic amines) is 1. The summed E-state index contributed by atoms with van der Waals surface area (Å²) >= 11 is -0.456. The highest BCUT2D eigenvalue weighted by molar-refractivity contribution is 14.2. The Labute approximate surface area is 203 Å². The number of pyridine rings is 2. The smallest absolute Gasteiger partial charge is 0.179 e. The molecule has 0 spiro atoms. The van der Waals surface area contributed by atoms with E-state index in [4.69, 9.17) is 14.2 Å². The quantitative estimate of drug-likeness (QED) is 0.495. The van der Waals surface area contributed by atoms with Crippen molar-refractivity contribution in [3.8, 4) is 11.5 Å². The Morgan fingerprint density at radius 2 is 2.03 bits per heavy atom. The number of aliphatic hydroxyl groups excluding tert-OH is 1. The van der Waals surface area contributed by atoms with Crippen molar-refractivity contribution in [2.24, 2.45) is 0 Å². The van der Waals surface area contributed by atoms with Crippen LogP contribution in [-0.2, 0) is 11.3 Å². The van der Waals surface area contributed by atoms with Gasteiger partial charge in [-0.25, -0.2) is 0 Å². The molecular formula is C24H29IN4O4. The van der Waals surface area contributed by atoms with Crippen LogP contribution in [0.3, 0.4) is 0 Å². The van der Waals surface area contributed by atoms with Crippen molar-refractivity contribution >= 4 is 26.8 Å². The maximum atomic E-state index is 11.0. The number of allylic oxidation sites excluding steroid dienone is 1. The van der Waals surface area contributed by atoms with E-state index in [1.807, 2.05) is 24.3 Å². The Kier molecular flexibility index (Phi) is 7.19. The minimum absolute atomic E-state index is 0.442. The number of fused-ring (bicyclic) bond motifs is 2. The standard InChI is InChI=1S/C24H29IN4O4/c1-31-23-3-2-19-24(25-23)18(4-7-26-19)20(30)15-29-8-5-16(6-9-29)27-13-17-12-21-22(14-28-17)33-11-10-32-21/h2-4,7,12,14,16,20,27,30H,5-6,8-11,13,15H2,1H3/t20-/m0/s1. The largest absolute Gasteiger partial charge is 0.491 e. The van der Waals surface area contributed by atoms with Crippen molar-refractivity contribution in [2.75, 3.05) is 40.0 Å². The maximum Gasteiger partial charge on any atom is 0.179 e. The van der Waals surface area contributed by atoms with Gasteiger partial charge in [-0.05, 0) is 70.4 Å². The Morgan fingerprint density at radius 3 is 2.85 bits per heavy atom. The molecule has 0 aliphatic carbocycles. The fraction of sp³-hybridized carbons (Fsp3) is 0.458. The number of piperidine rings is 1. The van der Waals surface area contributed by atoms with E-state index in [2.05, 4.69) is 20.2 Å². The van der Waals surface area contributed by atoms with Crippen molar-refractivity contribution in [1.82, 2.24) is 20.2 Å². The van der Waals surface area contributed by atoms with Crippen molar-refractivity contribution in [3.63, 3.8) is 0 Å². The van der Waals surface area contributed by atoms with Crippen molar-refractivity contribution < 1.29 is 19.3 Å². The van der Waals surface area contributed by atoms with Gasteiger partial charge in [-0.1, -0.05) is 0 Å². The lowest BCUT2D eigenvalue weighted by Gasteiger charge is -2.33. The normalized spacial score (nSPS) is 19.3. The number of methoxy groups -OCH3 is 1. The molecule has 0 radical (unpaired) electrons. The summed E-state index contributed by atoms with van der Waals surface area (Å²) < 4.78 is 18.8. The molecule has 33 heavy (non-hydrogen) atoms. The van der Waals surface area contributed by atoms with E-state index < -0.39 is 26.8 Å². The number of hydrogen-bond donors (Lipinski definition) is 2. The van der Waals surface area contributed by atoms with E-state index >= 15 is 0 Å². The molecule has 0 aromatic carbocycles. The molecule has 3 aliphatic rings. The number of hydrogen-bond acceptors (Lipinski definition) is 8. The predicted octanol–water partition coefficient (Wildman–Crippen LogP) is 2.04. The van der Waals surface area contributed by atoms with Crippen LogP contribution in [0.4, 0.5) is 0 Å². The van der Waals surface area contributed by atoms with E-state index in [9.17, 15) is 5.11 Å². The molecule has 2 aromatic rings. The number of aromatic nitrogens is 2. The first-order valence-electron chi connectivity index (χ1n) is 11.3. The summed E-state index contributed by atoms with van der Waals surface area (Å²) in [6, 6.07) is 4.37. The minimum atomic E-state index is -0.516. The number of β-amino-alcohol motifs (C(OH)–C–C–N with tert-alkyl or cyclic N) is 1. The Bertz CT molecular complexity index is 1150. The lowest BCUT2D eigenvalue weighted by molar-refractivity contribution is 0.0936. The van der Waals surface area contributed by atoms with E-state index in [0.717, 1.165) is 57.8 Å². The van der Waals surface area contributed by atoms with Gasteiger partial charge in [0.1, 0.15) is 13.2 Å². The van der Waals surface area contributed by atoms with Gasteiger partial charge in [0, 0.05) is 34.5 Å². The first-order valence-corrected chi connectivity index (χ1v) is 13.5. The Morgan fingerprint density at radius 1 is 1.21 bits per heavy atom. The zero-order valence-corrected chi connectivity index (χ0v) is 20.8. The summed E-state index contributed by atoms with van der Waals surface area (Å²) in [4.78, 5) is 11.3. The third-order valence-corrected chi connectivity index (χ3v) is 9.18. The topological polar surface area (TPSA) is 89.0 Å². The van der Waals surface area contributed by atoms with Crippen molar-refractivity contribution in [1.29, 1.82) is 0 Å². The molecule has 8 nitrogen and oxygen atoms in total. The summed E-state index contributed by atoms with van der Waals surface area (Å²) in [5, 5.41) is 15.6. The predicted molar refractivity (Wildman–Crippen MR) is 133 cm³/mol. The number of aliphatic hydroxyl groups is 1. The highest BCUT2D eigenvalue weighted by Gasteiger charge is 2.23. The highest BCUT2D eigenvalue weighted by Crippen LogP contribution is 2.29. The molecule has 0 unspecified atom stereocenters. The van der Waals surface area contributed by atoms with Crippen LogP contribution in [0.25, 0.3) is 6.08 Å². The summed E-state index contributed by atoms with van der Waals surface area (Å²) in [5.74, 6) is 1.50. The van der Waals surface area contributed by atoms with E-state index in [0.29, 0.717) is 32.3 Å². The first kappa shape index (κ1) is 22.7. The molecular weight excluding hydrogens is 535 g/mol. The number of ether oxygens (including phenoxy) is 3. The molecule has 2 N–H and O–H groups in total. The third-order valence-electron chi connectivity index (χ3n) is 6.14. The van der Waals surface area contributed by atoms with Crippen molar-refractivity contribution in [3.05, 3.63) is 54.1 Å². The molecule has 2 aromatic heterocycles. The minimum Gasteiger partial charge on any atom is -0.491 e. The average Bonchev–Trinajstić information content (AvgIpc) is 2.87. The van der Waals surface area contributed by atoms with Crippen LogP contribution < -0.4 is 20.1 Å². The second-order valence-electron chi connectivity index (χ2n) is 8.33. The molecule has 0 amide bonds. The van der Waals surface area contributed by atoms with Gasteiger partial charge in [-0.15, -0.1) is 0 Å². The summed E-state index contributed by atoms with van der Waals surface area (Å²) in [5.41, 5.74) is 1.96. The lowest BCUT2D eigenvalue weighted by Crippen LogP contribution is -2.43. The van der Waals surface area contributed by atoms with E-state index in [1.165, 1.54) is 3.15 Å². The van der Waals surface area contributed by atoms with Crippen LogP contribution in [0.5, 0.6) is 11.5 Å². The van der Waals surface area contributed by atoms with Gasteiger partial charge >= 0.3 is 0 Å². The Hall–Kier alpha value is -2.08. The zero-order valence-electron chi connectivity index (χ0n) is 18.7. The molecule has 1 saturated heterocycles. The number of nitrogens with one attached hydrogen (secondary N) is 1.